The minimum Gasteiger partial charge on any atom is -0.328 e. The Morgan fingerprint density at radius 1 is 1.47 bits per heavy atom. The van der Waals surface area contributed by atoms with Crippen LogP contribution in [0.5, 0.6) is 0 Å². The molecule has 0 bridgehead atoms. The molecule has 0 saturated carbocycles. The SMILES string of the molecule is CC1CC(N)CCN1S(=O)(=O)c1cc(F)ccc1Cl. The molecule has 2 rings (SSSR count). The number of hydrogen-bond donors (Lipinski definition) is 1. The van der Waals surface area contributed by atoms with Crippen LogP contribution < -0.4 is 5.73 Å². The van der Waals surface area contributed by atoms with Gasteiger partial charge in [0.15, 0.2) is 0 Å². The molecule has 0 radical (unpaired) electrons. The second-order valence-electron chi connectivity index (χ2n) is 4.82. The molecule has 4 nitrogen and oxygen atoms in total. The van der Waals surface area contributed by atoms with Gasteiger partial charge < -0.3 is 5.73 Å². The van der Waals surface area contributed by atoms with E-state index in [0.717, 1.165) is 12.1 Å². The Balaban J connectivity index is 2.39. The molecule has 2 N–H and O–H groups in total. The van der Waals surface area contributed by atoms with Gasteiger partial charge in [0.1, 0.15) is 10.7 Å². The van der Waals surface area contributed by atoms with Crippen molar-refractivity contribution in [1.82, 2.24) is 4.31 Å². The number of halogens is 2. The van der Waals surface area contributed by atoms with Crippen molar-refractivity contribution < 1.29 is 12.8 Å². The normalized spacial score (nSPS) is 25.5. The standard InChI is InChI=1S/C12H16ClFN2O2S/c1-8-6-10(15)4-5-16(8)19(17,18)12-7-9(14)2-3-11(12)13/h2-3,7-8,10H,4-6,15H2,1H3. The highest BCUT2D eigenvalue weighted by molar-refractivity contribution is 7.89. The highest BCUT2D eigenvalue weighted by Gasteiger charge is 2.34. The van der Waals surface area contributed by atoms with E-state index in [0.29, 0.717) is 19.4 Å². The van der Waals surface area contributed by atoms with Gasteiger partial charge in [0.05, 0.1) is 5.02 Å². The van der Waals surface area contributed by atoms with Gasteiger partial charge in [-0.1, -0.05) is 11.6 Å². The first-order valence-corrected chi connectivity index (χ1v) is 7.86. The summed E-state index contributed by atoms with van der Waals surface area (Å²) >= 11 is 5.88. The molecule has 1 fully saturated rings. The van der Waals surface area contributed by atoms with Crippen molar-refractivity contribution in [3.05, 3.63) is 29.0 Å². The summed E-state index contributed by atoms with van der Waals surface area (Å²) in [5.74, 6) is -0.621. The largest absolute Gasteiger partial charge is 0.328 e. The predicted octanol–water partition coefficient (Wildman–Crippen LogP) is 1.98. The Kier molecular flexibility index (Phi) is 4.15. The molecule has 0 amide bonds. The van der Waals surface area contributed by atoms with Gasteiger partial charge in [-0.25, -0.2) is 12.8 Å². The molecule has 0 spiro atoms. The lowest BCUT2D eigenvalue weighted by atomic mass is 10.0. The van der Waals surface area contributed by atoms with Crippen molar-refractivity contribution in [3.8, 4) is 0 Å². The van der Waals surface area contributed by atoms with E-state index in [4.69, 9.17) is 17.3 Å². The van der Waals surface area contributed by atoms with Crippen molar-refractivity contribution in [1.29, 1.82) is 0 Å². The van der Waals surface area contributed by atoms with Crippen molar-refractivity contribution in [3.63, 3.8) is 0 Å². The van der Waals surface area contributed by atoms with Crippen LogP contribution in [-0.4, -0.2) is 31.4 Å². The maximum absolute atomic E-state index is 13.2. The van der Waals surface area contributed by atoms with Crippen LogP contribution in [0.25, 0.3) is 0 Å². The maximum atomic E-state index is 13.2. The Bertz CT molecular complexity index is 579. The van der Waals surface area contributed by atoms with Crippen LogP contribution in [0.3, 0.4) is 0 Å². The van der Waals surface area contributed by atoms with E-state index in [1.807, 2.05) is 0 Å². The fourth-order valence-electron chi connectivity index (χ4n) is 2.35. The molecule has 2 atom stereocenters. The zero-order chi connectivity index (χ0) is 14.2. The maximum Gasteiger partial charge on any atom is 0.244 e. The Hall–Kier alpha value is -0.690. The molecule has 19 heavy (non-hydrogen) atoms. The van der Waals surface area contributed by atoms with Crippen molar-refractivity contribution in [2.75, 3.05) is 6.54 Å². The molecular weight excluding hydrogens is 291 g/mol. The van der Waals surface area contributed by atoms with Gasteiger partial charge in [0.25, 0.3) is 0 Å². The minimum atomic E-state index is -3.78. The van der Waals surface area contributed by atoms with Gasteiger partial charge in [0.2, 0.25) is 10.0 Å². The van der Waals surface area contributed by atoms with Gasteiger partial charge in [-0.2, -0.15) is 4.31 Å². The summed E-state index contributed by atoms with van der Waals surface area (Å²) in [5, 5.41) is 0.0310. The average Bonchev–Trinajstić information content (AvgIpc) is 2.31. The number of rotatable bonds is 2. The second kappa shape index (κ2) is 5.36. The van der Waals surface area contributed by atoms with Crippen molar-refractivity contribution in [2.45, 2.75) is 36.7 Å². The summed E-state index contributed by atoms with van der Waals surface area (Å²) < 4.78 is 39.6. The zero-order valence-corrected chi connectivity index (χ0v) is 12.1. The van der Waals surface area contributed by atoms with Crippen LogP contribution in [0.1, 0.15) is 19.8 Å². The minimum absolute atomic E-state index is 0.00410. The Morgan fingerprint density at radius 3 is 2.79 bits per heavy atom. The first-order chi connectivity index (χ1) is 8.82. The van der Waals surface area contributed by atoms with Gasteiger partial charge >= 0.3 is 0 Å². The lowest BCUT2D eigenvalue weighted by molar-refractivity contribution is 0.247. The van der Waals surface area contributed by atoms with E-state index < -0.39 is 15.8 Å². The summed E-state index contributed by atoms with van der Waals surface area (Å²) in [6.07, 6.45) is 1.18. The Morgan fingerprint density at radius 2 is 2.16 bits per heavy atom. The summed E-state index contributed by atoms with van der Waals surface area (Å²) in [7, 11) is -3.78. The third-order valence-corrected chi connectivity index (χ3v) is 5.83. The molecule has 1 heterocycles. The molecular formula is C12H16ClFN2O2S. The van der Waals surface area contributed by atoms with Crippen molar-refractivity contribution in [2.24, 2.45) is 5.73 Å². The van der Waals surface area contributed by atoms with Crippen LogP contribution in [0.15, 0.2) is 23.1 Å². The molecule has 1 aromatic carbocycles. The number of nitrogens with zero attached hydrogens (tertiary/aromatic N) is 1. The second-order valence-corrected chi connectivity index (χ2v) is 7.09. The third kappa shape index (κ3) is 2.91. The topological polar surface area (TPSA) is 63.4 Å². The third-order valence-electron chi connectivity index (χ3n) is 3.34. The lowest BCUT2D eigenvalue weighted by Crippen LogP contribution is -2.48. The number of nitrogens with two attached hydrogens (primary N) is 1. The summed E-state index contributed by atoms with van der Waals surface area (Å²) in [5.41, 5.74) is 5.82. The van der Waals surface area contributed by atoms with E-state index >= 15 is 0 Å². The fourth-order valence-corrected chi connectivity index (χ4v) is 4.49. The number of benzene rings is 1. The molecule has 0 aliphatic carbocycles. The number of sulfonamides is 1. The molecule has 2 unspecified atom stereocenters. The molecule has 1 aliphatic rings. The summed E-state index contributed by atoms with van der Waals surface area (Å²) in [6, 6.07) is 3.14. The van der Waals surface area contributed by atoms with Gasteiger partial charge in [-0.15, -0.1) is 0 Å². The van der Waals surface area contributed by atoms with E-state index in [9.17, 15) is 12.8 Å². The Labute approximate surface area is 117 Å². The first-order valence-electron chi connectivity index (χ1n) is 6.05. The monoisotopic (exact) mass is 306 g/mol. The van der Waals surface area contributed by atoms with Crippen LogP contribution in [0.2, 0.25) is 5.02 Å². The van der Waals surface area contributed by atoms with Crippen molar-refractivity contribution >= 4 is 21.6 Å². The zero-order valence-electron chi connectivity index (χ0n) is 10.5. The van der Waals surface area contributed by atoms with Crippen LogP contribution >= 0.6 is 11.6 Å². The molecule has 0 aromatic heterocycles. The van der Waals surface area contributed by atoms with E-state index in [-0.39, 0.29) is 22.0 Å². The summed E-state index contributed by atoms with van der Waals surface area (Å²) in [6.45, 7) is 2.13. The molecule has 1 saturated heterocycles. The van der Waals surface area contributed by atoms with Crippen LogP contribution in [-0.2, 0) is 10.0 Å². The highest BCUT2D eigenvalue weighted by atomic mass is 35.5. The first kappa shape index (κ1) is 14.7. The molecule has 7 heteroatoms. The lowest BCUT2D eigenvalue weighted by Gasteiger charge is -2.35. The molecule has 1 aliphatic heterocycles. The highest BCUT2D eigenvalue weighted by Crippen LogP contribution is 2.29. The molecule has 106 valence electrons. The van der Waals surface area contributed by atoms with Gasteiger partial charge in [0, 0.05) is 18.6 Å². The van der Waals surface area contributed by atoms with Crippen LogP contribution in [0, 0.1) is 5.82 Å². The fraction of sp³-hybridized carbons (Fsp3) is 0.500. The average molecular weight is 307 g/mol. The predicted molar refractivity (Wildman–Crippen MR) is 72.0 cm³/mol. The van der Waals surface area contributed by atoms with E-state index in [1.54, 1.807) is 6.92 Å². The van der Waals surface area contributed by atoms with Gasteiger partial charge in [-0.05, 0) is 38.0 Å². The van der Waals surface area contributed by atoms with Crippen LogP contribution in [0.4, 0.5) is 4.39 Å². The molecule has 1 aromatic rings. The van der Waals surface area contributed by atoms with E-state index in [2.05, 4.69) is 0 Å². The quantitative estimate of drug-likeness (QED) is 0.908. The smallest absolute Gasteiger partial charge is 0.244 e. The number of piperidine rings is 1. The van der Waals surface area contributed by atoms with E-state index in [1.165, 1.54) is 10.4 Å². The van der Waals surface area contributed by atoms with Gasteiger partial charge in [-0.3, -0.25) is 0 Å². The summed E-state index contributed by atoms with van der Waals surface area (Å²) in [4.78, 5) is -0.184. The number of hydrogen-bond acceptors (Lipinski definition) is 3.